The molecule has 0 radical (unpaired) electrons. The van der Waals surface area contributed by atoms with Crippen molar-refractivity contribution in [1.29, 1.82) is 0 Å². The minimum atomic E-state index is -3.61. The van der Waals surface area contributed by atoms with Gasteiger partial charge < -0.3 is 10.1 Å². The van der Waals surface area contributed by atoms with Gasteiger partial charge in [-0.2, -0.15) is 0 Å². The molecule has 1 aliphatic rings. The van der Waals surface area contributed by atoms with Gasteiger partial charge in [-0.05, 0) is 44.0 Å². The Morgan fingerprint density at radius 2 is 2.00 bits per heavy atom. The highest BCUT2D eigenvalue weighted by atomic mass is 32.2. The monoisotopic (exact) mass is 312 g/mol. The lowest BCUT2D eigenvalue weighted by atomic mass is 10.1. The summed E-state index contributed by atoms with van der Waals surface area (Å²) in [7, 11) is -2.08. The van der Waals surface area contributed by atoms with Crippen molar-refractivity contribution in [2.24, 2.45) is 0 Å². The van der Waals surface area contributed by atoms with Crippen LogP contribution in [-0.2, 0) is 14.8 Å². The van der Waals surface area contributed by atoms with Gasteiger partial charge in [-0.3, -0.25) is 4.79 Å². The number of ether oxygens (including phenoxy) is 1. The van der Waals surface area contributed by atoms with Crippen LogP contribution in [0, 0.1) is 0 Å². The first kappa shape index (κ1) is 15.9. The molecule has 0 spiro atoms. The Morgan fingerprint density at radius 3 is 2.52 bits per heavy atom. The van der Waals surface area contributed by atoms with Gasteiger partial charge in [0.1, 0.15) is 0 Å². The summed E-state index contributed by atoms with van der Waals surface area (Å²) in [6.07, 6.45) is 1.74. The quantitative estimate of drug-likeness (QED) is 0.846. The molecule has 116 valence electrons. The molecule has 1 aromatic carbocycles. The molecule has 0 bridgehead atoms. The average molecular weight is 312 g/mol. The zero-order valence-electron chi connectivity index (χ0n) is 12.1. The van der Waals surface area contributed by atoms with E-state index in [-0.39, 0.29) is 22.9 Å². The number of amides is 1. The molecule has 7 heteroatoms. The number of benzene rings is 1. The van der Waals surface area contributed by atoms with E-state index in [0.29, 0.717) is 12.2 Å². The lowest BCUT2D eigenvalue weighted by molar-refractivity contribution is 0.0902. The van der Waals surface area contributed by atoms with E-state index in [2.05, 4.69) is 10.0 Å². The third-order valence-electron chi connectivity index (χ3n) is 3.52. The number of hydrogen-bond donors (Lipinski definition) is 2. The van der Waals surface area contributed by atoms with Crippen LogP contribution in [0.4, 0.5) is 0 Å². The highest BCUT2D eigenvalue weighted by Gasteiger charge is 2.26. The Balaban J connectivity index is 2.09. The van der Waals surface area contributed by atoms with Gasteiger partial charge in [-0.1, -0.05) is 0 Å². The normalized spacial score (nSPS) is 20.2. The highest BCUT2D eigenvalue weighted by molar-refractivity contribution is 7.89. The number of hydrogen-bond acceptors (Lipinski definition) is 4. The SMILES string of the molecule is CNC(=O)c1ccc(S(=O)(=O)N[C@H](C)[C@@H]2CCCO2)cc1. The number of nitrogens with one attached hydrogen (secondary N) is 2. The maximum Gasteiger partial charge on any atom is 0.251 e. The van der Waals surface area contributed by atoms with Crippen LogP contribution >= 0.6 is 0 Å². The molecular formula is C14H20N2O4S. The van der Waals surface area contributed by atoms with Crippen molar-refractivity contribution in [3.8, 4) is 0 Å². The fourth-order valence-electron chi connectivity index (χ4n) is 2.32. The lowest BCUT2D eigenvalue weighted by Gasteiger charge is -2.20. The molecule has 1 aromatic rings. The summed E-state index contributed by atoms with van der Waals surface area (Å²) >= 11 is 0. The topological polar surface area (TPSA) is 84.5 Å². The standard InChI is InChI=1S/C14H20N2O4S/c1-10(13-4-3-9-20-13)16-21(18,19)12-7-5-11(6-8-12)14(17)15-2/h5-8,10,13,16H,3-4,9H2,1-2H3,(H,15,17)/t10-,13+/m1/s1. The Kier molecular flexibility index (Phi) is 4.97. The molecule has 1 aliphatic heterocycles. The third kappa shape index (κ3) is 3.81. The van der Waals surface area contributed by atoms with E-state index >= 15 is 0 Å². The molecule has 1 saturated heterocycles. The summed E-state index contributed by atoms with van der Waals surface area (Å²) in [6, 6.07) is 5.55. The molecule has 2 N–H and O–H groups in total. The Hall–Kier alpha value is -1.44. The Bertz CT molecular complexity index is 592. The molecule has 6 nitrogen and oxygen atoms in total. The van der Waals surface area contributed by atoms with Crippen molar-refractivity contribution in [1.82, 2.24) is 10.0 Å². The zero-order valence-corrected chi connectivity index (χ0v) is 12.9. The van der Waals surface area contributed by atoms with E-state index in [9.17, 15) is 13.2 Å². The van der Waals surface area contributed by atoms with Crippen LogP contribution in [0.2, 0.25) is 0 Å². The Labute approximate surface area is 124 Å². The number of rotatable bonds is 5. The molecule has 2 atom stereocenters. The minimum absolute atomic E-state index is 0.0788. The molecule has 0 aliphatic carbocycles. The van der Waals surface area contributed by atoms with E-state index in [0.717, 1.165) is 12.8 Å². The van der Waals surface area contributed by atoms with Crippen molar-refractivity contribution in [3.05, 3.63) is 29.8 Å². The summed E-state index contributed by atoms with van der Waals surface area (Å²) in [5, 5.41) is 2.49. The fraction of sp³-hybridized carbons (Fsp3) is 0.500. The van der Waals surface area contributed by atoms with E-state index in [4.69, 9.17) is 4.74 Å². The lowest BCUT2D eigenvalue weighted by Crippen LogP contribution is -2.40. The minimum Gasteiger partial charge on any atom is -0.377 e. The summed E-state index contributed by atoms with van der Waals surface area (Å²) in [5.41, 5.74) is 0.420. The van der Waals surface area contributed by atoms with E-state index in [1.807, 2.05) is 0 Å². The number of sulfonamides is 1. The van der Waals surface area contributed by atoms with Gasteiger partial charge in [-0.15, -0.1) is 0 Å². The molecule has 2 rings (SSSR count). The number of carbonyl (C=O) groups excluding carboxylic acids is 1. The van der Waals surface area contributed by atoms with Crippen LogP contribution in [0.3, 0.4) is 0 Å². The third-order valence-corrected chi connectivity index (χ3v) is 5.09. The average Bonchev–Trinajstić information content (AvgIpc) is 3.00. The van der Waals surface area contributed by atoms with Crippen molar-refractivity contribution >= 4 is 15.9 Å². The van der Waals surface area contributed by atoms with Crippen molar-refractivity contribution in [2.75, 3.05) is 13.7 Å². The molecule has 21 heavy (non-hydrogen) atoms. The van der Waals surface area contributed by atoms with Gasteiger partial charge in [0.05, 0.1) is 11.0 Å². The summed E-state index contributed by atoms with van der Waals surface area (Å²) in [5.74, 6) is -0.250. The highest BCUT2D eigenvalue weighted by Crippen LogP contribution is 2.18. The van der Waals surface area contributed by atoms with Crippen LogP contribution in [0.15, 0.2) is 29.2 Å². The summed E-state index contributed by atoms with van der Waals surface area (Å²) in [4.78, 5) is 11.6. The second-order valence-corrected chi connectivity index (χ2v) is 6.78. The van der Waals surface area contributed by atoms with E-state index in [1.54, 1.807) is 6.92 Å². The maximum absolute atomic E-state index is 12.3. The van der Waals surface area contributed by atoms with Crippen molar-refractivity contribution in [3.63, 3.8) is 0 Å². The molecule has 0 saturated carbocycles. The second-order valence-electron chi connectivity index (χ2n) is 5.06. The van der Waals surface area contributed by atoms with Crippen LogP contribution < -0.4 is 10.0 Å². The first-order valence-electron chi connectivity index (χ1n) is 6.90. The molecule has 1 fully saturated rings. The van der Waals surface area contributed by atoms with Gasteiger partial charge >= 0.3 is 0 Å². The molecule has 1 amide bonds. The van der Waals surface area contributed by atoms with Crippen LogP contribution in [0.1, 0.15) is 30.1 Å². The molecule has 0 unspecified atom stereocenters. The fourth-order valence-corrected chi connectivity index (χ4v) is 3.59. The number of carbonyl (C=O) groups is 1. The van der Waals surface area contributed by atoms with Crippen molar-refractivity contribution in [2.45, 2.75) is 36.8 Å². The largest absolute Gasteiger partial charge is 0.377 e. The van der Waals surface area contributed by atoms with E-state index < -0.39 is 10.0 Å². The second kappa shape index (κ2) is 6.55. The zero-order chi connectivity index (χ0) is 15.5. The first-order valence-corrected chi connectivity index (χ1v) is 8.38. The van der Waals surface area contributed by atoms with Gasteiger partial charge in [0.15, 0.2) is 0 Å². The Morgan fingerprint density at radius 1 is 1.33 bits per heavy atom. The smallest absolute Gasteiger partial charge is 0.251 e. The van der Waals surface area contributed by atoms with Gasteiger partial charge in [0.2, 0.25) is 10.0 Å². The predicted octanol–water partition coefficient (Wildman–Crippen LogP) is 0.892. The maximum atomic E-state index is 12.3. The predicted molar refractivity (Wildman–Crippen MR) is 78.6 cm³/mol. The summed E-state index contributed by atoms with van der Waals surface area (Å²) < 4.78 is 32.7. The van der Waals surface area contributed by atoms with Gasteiger partial charge in [0.25, 0.3) is 5.91 Å². The molecule has 1 heterocycles. The van der Waals surface area contributed by atoms with Gasteiger partial charge in [-0.25, -0.2) is 13.1 Å². The van der Waals surface area contributed by atoms with Crippen LogP contribution in [-0.4, -0.2) is 40.1 Å². The molecule has 0 aromatic heterocycles. The van der Waals surface area contributed by atoms with Crippen molar-refractivity contribution < 1.29 is 17.9 Å². The molecular weight excluding hydrogens is 292 g/mol. The first-order chi connectivity index (χ1) is 9.94. The summed E-state index contributed by atoms with van der Waals surface area (Å²) in [6.45, 7) is 2.48. The van der Waals surface area contributed by atoms with Crippen LogP contribution in [0.25, 0.3) is 0 Å². The van der Waals surface area contributed by atoms with Gasteiger partial charge in [0, 0.05) is 25.3 Å². The van der Waals surface area contributed by atoms with E-state index in [1.165, 1.54) is 31.3 Å². The van der Waals surface area contributed by atoms with Crippen LogP contribution in [0.5, 0.6) is 0 Å².